The smallest absolute Gasteiger partial charge is 0.0484 e. The predicted molar refractivity (Wildman–Crippen MR) is 67.5 cm³/mol. The Balaban J connectivity index is 1.75. The number of allylic oxidation sites excluding steroid dienone is 1. The number of hydrogen-bond acceptors (Lipinski definition) is 4. The monoisotopic (exact) mass is 224 g/mol. The van der Waals surface area contributed by atoms with E-state index in [9.17, 15) is 0 Å². The normalized spacial score (nSPS) is 25.2. The van der Waals surface area contributed by atoms with Crippen LogP contribution in [0.5, 0.6) is 0 Å². The summed E-state index contributed by atoms with van der Waals surface area (Å²) in [5, 5.41) is 6.78. The minimum atomic E-state index is 1.05. The zero-order chi connectivity index (χ0) is 11.2. The van der Waals surface area contributed by atoms with Crippen LogP contribution in [0.15, 0.2) is 11.6 Å². The molecule has 0 aliphatic carbocycles. The molecule has 0 bridgehead atoms. The highest BCUT2D eigenvalue weighted by Crippen LogP contribution is 2.05. The van der Waals surface area contributed by atoms with Crippen LogP contribution in [0.4, 0.5) is 0 Å². The molecule has 2 N–H and O–H groups in total. The van der Waals surface area contributed by atoms with Crippen LogP contribution in [0.3, 0.4) is 0 Å². The second kappa shape index (κ2) is 6.35. The van der Waals surface area contributed by atoms with Crippen molar-refractivity contribution in [3.8, 4) is 0 Å². The number of piperazine rings is 1. The fourth-order valence-corrected chi connectivity index (χ4v) is 2.36. The lowest BCUT2D eigenvalue weighted by Gasteiger charge is -2.29. The molecule has 2 rings (SSSR count). The predicted octanol–water partition coefficient (Wildman–Crippen LogP) is -0.299. The molecule has 0 spiro atoms. The molecule has 16 heavy (non-hydrogen) atoms. The van der Waals surface area contributed by atoms with E-state index in [0.29, 0.717) is 0 Å². The molecule has 0 saturated carbocycles. The van der Waals surface area contributed by atoms with Crippen LogP contribution in [-0.4, -0.2) is 68.8 Å². The zero-order valence-corrected chi connectivity index (χ0v) is 10.3. The van der Waals surface area contributed by atoms with E-state index in [0.717, 1.165) is 39.4 Å². The van der Waals surface area contributed by atoms with E-state index in [1.54, 1.807) is 5.57 Å². The topological polar surface area (TPSA) is 30.5 Å². The molecule has 0 aromatic carbocycles. The van der Waals surface area contributed by atoms with E-state index in [2.05, 4.69) is 33.4 Å². The van der Waals surface area contributed by atoms with Crippen LogP contribution in [0.1, 0.15) is 6.92 Å². The number of nitrogens with zero attached hydrogens (tertiary/aromatic N) is 2. The van der Waals surface area contributed by atoms with Crippen molar-refractivity contribution in [2.24, 2.45) is 0 Å². The molecule has 0 aromatic rings. The van der Waals surface area contributed by atoms with Crippen LogP contribution in [0.25, 0.3) is 0 Å². The van der Waals surface area contributed by atoms with E-state index in [-0.39, 0.29) is 0 Å². The summed E-state index contributed by atoms with van der Waals surface area (Å²) in [7, 11) is 0. The fourth-order valence-electron chi connectivity index (χ4n) is 2.36. The quantitative estimate of drug-likeness (QED) is 0.642. The third kappa shape index (κ3) is 3.56. The fraction of sp³-hybridized carbons (Fsp3) is 0.833. The van der Waals surface area contributed by atoms with Gasteiger partial charge in [-0.2, -0.15) is 0 Å². The van der Waals surface area contributed by atoms with Crippen LogP contribution in [0.2, 0.25) is 0 Å². The average Bonchev–Trinajstić information content (AvgIpc) is 2.82. The van der Waals surface area contributed by atoms with Gasteiger partial charge < -0.3 is 10.6 Å². The lowest BCUT2D eigenvalue weighted by atomic mass is 10.2. The summed E-state index contributed by atoms with van der Waals surface area (Å²) in [6.07, 6.45) is 2.29. The third-order valence-corrected chi connectivity index (χ3v) is 3.41. The molecule has 92 valence electrons. The van der Waals surface area contributed by atoms with Crippen molar-refractivity contribution in [1.29, 1.82) is 0 Å². The first-order valence-corrected chi connectivity index (χ1v) is 6.38. The van der Waals surface area contributed by atoms with Crippen molar-refractivity contribution in [1.82, 2.24) is 20.4 Å². The van der Waals surface area contributed by atoms with Gasteiger partial charge in [0.2, 0.25) is 0 Å². The summed E-state index contributed by atoms with van der Waals surface area (Å²) in [5.41, 5.74) is 1.56. The summed E-state index contributed by atoms with van der Waals surface area (Å²) in [6.45, 7) is 12.5. The third-order valence-electron chi connectivity index (χ3n) is 3.41. The minimum Gasteiger partial charge on any atom is -0.314 e. The van der Waals surface area contributed by atoms with Crippen molar-refractivity contribution in [3.63, 3.8) is 0 Å². The maximum atomic E-state index is 3.40. The van der Waals surface area contributed by atoms with Crippen LogP contribution >= 0.6 is 0 Å². The molecule has 0 amide bonds. The van der Waals surface area contributed by atoms with Gasteiger partial charge in [0.25, 0.3) is 0 Å². The van der Waals surface area contributed by atoms with Crippen molar-refractivity contribution in [2.45, 2.75) is 6.92 Å². The van der Waals surface area contributed by atoms with Gasteiger partial charge in [-0.15, -0.1) is 0 Å². The summed E-state index contributed by atoms with van der Waals surface area (Å²) >= 11 is 0. The minimum absolute atomic E-state index is 1.05. The second-order valence-corrected chi connectivity index (χ2v) is 4.68. The highest BCUT2D eigenvalue weighted by molar-refractivity contribution is 5.06. The largest absolute Gasteiger partial charge is 0.314 e. The van der Waals surface area contributed by atoms with E-state index >= 15 is 0 Å². The van der Waals surface area contributed by atoms with Gasteiger partial charge in [0.1, 0.15) is 0 Å². The molecule has 2 saturated heterocycles. The standard InChI is InChI=1S/C12H24N4/c1-2-12(10-16-8-5-14-11-16)9-15-6-3-13-4-7-15/h2,13-14H,3-11H2,1H3. The first kappa shape index (κ1) is 12.0. The van der Waals surface area contributed by atoms with Gasteiger partial charge >= 0.3 is 0 Å². The Morgan fingerprint density at radius 1 is 1.00 bits per heavy atom. The molecular formula is C12H24N4. The maximum Gasteiger partial charge on any atom is 0.0484 e. The van der Waals surface area contributed by atoms with E-state index in [4.69, 9.17) is 0 Å². The van der Waals surface area contributed by atoms with Gasteiger partial charge in [-0.3, -0.25) is 9.80 Å². The molecule has 0 atom stereocenters. The van der Waals surface area contributed by atoms with Gasteiger partial charge in [-0.25, -0.2) is 0 Å². The lowest BCUT2D eigenvalue weighted by Crippen LogP contribution is -2.44. The Kier molecular flexibility index (Phi) is 4.78. The molecule has 4 heteroatoms. The Bertz CT molecular complexity index is 227. The Morgan fingerprint density at radius 2 is 1.62 bits per heavy atom. The molecule has 4 nitrogen and oxygen atoms in total. The molecule has 0 unspecified atom stereocenters. The maximum absolute atomic E-state index is 3.40. The van der Waals surface area contributed by atoms with Crippen LogP contribution in [0, 0.1) is 0 Å². The van der Waals surface area contributed by atoms with Gasteiger partial charge in [0.05, 0.1) is 0 Å². The highest BCUT2D eigenvalue weighted by Gasteiger charge is 2.15. The Hall–Kier alpha value is -0.420. The van der Waals surface area contributed by atoms with Crippen molar-refractivity contribution >= 4 is 0 Å². The molecule has 0 aromatic heterocycles. The van der Waals surface area contributed by atoms with Crippen LogP contribution in [-0.2, 0) is 0 Å². The first-order chi connectivity index (χ1) is 7.88. The highest BCUT2D eigenvalue weighted by atomic mass is 15.3. The lowest BCUT2D eigenvalue weighted by molar-refractivity contribution is 0.250. The molecule has 2 fully saturated rings. The molecule has 2 heterocycles. The molecule has 2 aliphatic heterocycles. The van der Waals surface area contributed by atoms with Gasteiger partial charge in [-0.05, 0) is 12.5 Å². The Labute approximate surface area is 98.7 Å². The SMILES string of the molecule is CC=C(CN1CCNCC1)CN1CCNC1. The van der Waals surface area contributed by atoms with Crippen molar-refractivity contribution in [2.75, 3.05) is 59.0 Å². The summed E-state index contributed by atoms with van der Waals surface area (Å²) in [5.74, 6) is 0. The van der Waals surface area contributed by atoms with Crippen LogP contribution < -0.4 is 10.6 Å². The summed E-state index contributed by atoms with van der Waals surface area (Å²) in [6, 6.07) is 0. The molecule has 2 aliphatic rings. The second-order valence-electron chi connectivity index (χ2n) is 4.68. The zero-order valence-electron chi connectivity index (χ0n) is 10.3. The van der Waals surface area contributed by atoms with Crippen molar-refractivity contribution < 1.29 is 0 Å². The number of hydrogen-bond donors (Lipinski definition) is 2. The van der Waals surface area contributed by atoms with Gasteiger partial charge in [0, 0.05) is 59.0 Å². The first-order valence-electron chi connectivity index (χ1n) is 6.38. The summed E-state index contributed by atoms with van der Waals surface area (Å²) < 4.78 is 0. The molecule has 0 radical (unpaired) electrons. The van der Waals surface area contributed by atoms with Gasteiger partial charge in [-0.1, -0.05) is 6.08 Å². The van der Waals surface area contributed by atoms with E-state index < -0.39 is 0 Å². The summed E-state index contributed by atoms with van der Waals surface area (Å²) in [4.78, 5) is 5.03. The van der Waals surface area contributed by atoms with E-state index in [1.807, 2.05) is 0 Å². The van der Waals surface area contributed by atoms with Crippen molar-refractivity contribution in [3.05, 3.63) is 11.6 Å². The van der Waals surface area contributed by atoms with Gasteiger partial charge in [0.15, 0.2) is 0 Å². The molecular weight excluding hydrogens is 200 g/mol. The number of rotatable bonds is 4. The van der Waals surface area contributed by atoms with E-state index in [1.165, 1.54) is 19.6 Å². The average molecular weight is 224 g/mol. The Morgan fingerprint density at radius 3 is 2.25 bits per heavy atom. The number of nitrogens with one attached hydrogen (secondary N) is 2.